The van der Waals surface area contributed by atoms with Crippen LogP contribution in [0, 0.1) is 0 Å². The van der Waals surface area contributed by atoms with E-state index in [-0.39, 0.29) is 11.4 Å². The largest absolute Gasteiger partial charge is 0.467 e. The fraction of sp³-hybridized carbons (Fsp3) is 0.350. The maximum Gasteiger partial charge on any atom is 0.416 e. The highest BCUT2D eigenvalue weighted by Gasteiger charge is 2.30. The number of hydrogen-bond acceptors (Lipinski definition) is 6. The molecule has 2 aromatic heterocycles. The molecule has 11 heteroatoms. The standard InChI is InChI=1S/C20H20F3N5O2S/c21-20(22,23)14-5-3-6-15(11-14)24-17(29)13-31-19-26-25-18(27-8-1-2-9-27)28(19)12-16-7-4-10-30-16/h3-7,10-11H,1-2,8-9,12-13H2,(H,24,29). The molecule has 3 aromatic rings. The van der Waals surface area contributed by atoms with E-state index in [9.17, 15) is 18.0 Å². The minimum Gasteiger partial charge on any atom is -0.467 e. The predicted molar refractivity (Wildman–Crippen MR) is 110 cm³/mol. The van der Waals surface area contributed by atoms with Crippen molar-refractivity contribution >= 4 is 29.3 Å². The third-order valence-corrected chi connectivity index (χ3v) is 5.75. The fourth-order valence-corrected chi connectivity index (χ4v) is 4.07. The molecule has 0 saturated carbocycles. The first-order valence-corrected chi connectivity index (χ1v) is 10.7. The summed E-state index contributed by atoms with van der Waals surface area (Å²) in [6.45, 7) is 2.19. The lowest BCUT2D eigenvalue weighted by molar-refractivity contribution is -0.137. The van der Waals surface area contributed by atoms with Gasteiger partial charge in [-0.3, -0.25) is 9.36 Å². The van der Waals surface area contributed by atoms with Gasteiger partial charge in [0.05, 0.1) is 24.1 Å². The molecule has 0 unspecified atom stereocenters. The first kappa shape index (κ1) is 21.3. The van der Waals surface area contributed by atoms with Crippen LogP contribution in [0.2, 0.25) is 0 Å². The van der Waals surface area contributed by atoms with E-state index in [1.54, 1.807) is 12.3 Å². The lowest BCUT2D eigenvalue weighted by Crippen LogP contribution is -2.23. The lowest BCUT2D eigenvalue weighted by Gasteiger charge is -2.17. The Morgan fingerprint density at radius 2 is 1.97 bits per heavy atom. The van der Waals surface area contributed by atoms with Crippen molar-refractivity contribution in [3.05, 3.63) is 54.0 Å². The second-order valence-electron chi connectivity index (χ2n) is 7.06. The average Bonchev–Trinajstić information content (AvgIpc) is 3.49. The monoisotopic (exact) mass is 451 g/mol. The number of thioether (sulfide) groups is 1. The molecule has 3 heterocycles. The smallest absolute Gasteiger partial charge is 0.416 e. The number of halogens is 3. The Balaban J connectivity index is 1.45. The molecule has 0 bridgehead atoms. The molecule has 0 radical (unpaired) electrons. The van der Waals surface area contributed by atoms with Gasteiger partial charge in [0, 0.05) is 18.8 Å². The van der Waals surface area contributed by atoms with Crippen molar-refractivity contribution in [2.75, 3.05) is 29.1 Å². The number of rotatable bonds is 7. The van der Waals surface area contributed by atoms with Crippen molar-refractivity contribution in [3.8, 4) is 0 Å². The third kappa shape index (κ3) is 5.22. The van der Waals surface area contributed by atoms with E-state index in [0.717, 1.165) is 49.8 Å². The summed E-state index contributed by atoms with van der Waals surface area (Å²) in [7, 11) is 0. The fourth-order valence-electron chi connectivity index (χ4n) is 3.34. The number of furan rings is 1. The summed E-state index contributed by atoms with van der Waals surface area (Å²) in [6, 6.07) is 8.19. The zero-order valence-corrected chi connectivity index (χ0v) is 17.2. The average molecular weight is 451 g/mol. The molecule has 31 heavy (non-hydrogen) atoms. The second-order valence-corrected chi connectivity index (χ2v) is 8.00. The Morgan fingerprint density at radius 1 is 1.16 bits per heavy atom. The zero-order valence-electron chi connectivity index (χ0n) is 16.4. The van der Waals surface area contributed by atoms with Crippen molar-refractivity contribution in [2.24, 2.45) is 0 Å². The zero-order chi connectivity index (χ0) is 21.8. The van der Waals surface area contributed by atoms with E-state index in [2.05, 4.69) is 20.4 Å². The Kier molecular flexibility index (Phi) is 6.21. The van der Waals surface area contributed by atoms with E-state index in [4.69, 9.17) is 4.42 Å². The van der Waals surface area contributed by atoms with Crippen molar-refractivity contribution in [1.29, 1.82) is 0 Å². The highest BCUT2D eigenvalue weighted by atomic mass is 32.2. The topological polar surface area (TPSA) is 76.2 Å². The van der Waals surface area contributed by atoms with Crippen molar-refractivity contribution < 1.29 is 22.4 Å². The SMILES string of the molecule is O=C(CSc1nnc(N2CCCC2)n1Cc1ccco1)Nc1cccc(C(F)(F)F)c1. The molecule has 0 spiro atoms. The molecule has 1 aliphatic heterocycles. The molecule has 1 amide bonds. The van der Waals surface area contributed by atoms with Gasteiger partial charge in [0.25, 0.3) is 0 Å². The Labute approximate surface area is 180 Å². The van der Waals surface area contributed by atoms with Gasteiger partial charge in [0.2, 0.25) is 11.9 Å². The maximum atomic E-state index is 12.9. The molecule has 164 valence electrons. The molecule has 0 aliphatic carbocycles. The number of amides is 1. The van der Waals surface area contributed by atoms with Gasteiger partial charge in [-0.15, -0.1) is 10.2 Å². The minimum absolute atomic E-state index is 0.0213. The van der Waals surface area contributed by atoms with Crippen LogP contribution in [0.25, 0.3) is 0 Å². The van der Waals surface area contributed by atoms with Gasteiger partial charge in [0.15, 0.2) is 5.16 Å². The van der Waals surface area contributed by atoms with Gasteiger partial charge in [-0.1, -0.05) is 17.8 Å². The van der Waals surface area contributed by atoms with Crippen molar-refractivity contribution in [1.82, 2.24) is 14.8 Å². The van der Waals surface area contributed by atoms with E-state index >= 15 is 0 Å². The summed E-state index contributed by atoms with van der Waals surface area (Å²) < 4.78 is 45.9. The Bertz CT molecular complexity index is 1030. The van der Waals surface area contributed by atoms with Crippen LogP contribution in [-0.4, -0.2) is 39.5 Å². The number of carbonyl (C=O) groups excluding carboxylic acids is 1. The van der Waals surface area contributed by atoms with Gasteiger partial charge >= 0.3 is 6.18 Å². The number of alkyl halides is 3. The van der Waals surface area contributed by atoms with Gasteiger partial charge < -0.3 is 14.6 Å². The van der Waals surface area contributed by atoms with Crippen LogP contribution in [0.3, 0.4) is 0 Å². The van der Waals surface area contributed by atoms with Crippen LogP contribution in [0.5, 0.6) is 0 Å². The molecule has 0 atom stereocenters. The quantitative estimate of drug-likeness (QED) is 0.541. The summed E-state index contributed by atoms with van der Waals surface area (Å²) in [5, 5.41) is 11.6. The molecule has 1 fully saturated rings. The van der Waals surface area contributed by atoms with Crippen molar-refractivity contribution in [2.45, 2.75) is 30.7 Å². The summed E-state index contributed by atoms with van der Waals surface area (Å²) in [5.74, 6) is 0.997. The van der Waals surface area contributed by atoms with Crippen LogP contribution in [0.15, 0.2) is 52.2 Å². The van der Waals surface area contributed by atoms with E-state index in [1.807, 2.05) is 10.6 Å². The van der Waals surface area contributed by atoms with E-state index < -0.39 is 17.6 Å². The van der Waals surface area contributed by atoms with Gasteiger partial charge in [-0.2, -0.15) is 13.2 Å². The molecule has 1 aliphatic rings. The maximum absolute atomic E-state index is 12.9. The van der Waals surface area contributed by atoms with Gasteiger partial charge in [0.1, 0.15) is 5.76 Å². The number of anilines is 2. The van der Waals surface area contributed by atoms with E-state index in [0.29, 0.717) is 11.7 Å². The first-order valence-electron chi connectivity index (χ1n) is 9.70. The third-order valence-electron chi connectivity index (χ3n) is 4.79. The minimum atomic E-state index is -4.47. The molecule has 7 nitrogen and oxygen atoms in total. The highest BCUT2D eigenvalue weighted by molar-refractivity contribution is 7.99. The second kappa shape index (κ2) is 9.04. The molecule has 1 N–H and O–H groups in total. The van der Waals surface area contributed by atoms with Crippen molar-refractivity contribution in [3.63, 3.8) is 0 Å². The van der Waals surface area contributed by atoms with Crippen LogP contribution in [0.4, 0.5) is 24.8 Å². The number of benzene rings is 1. The first-order chi connectivity index (χ1) is 14.9. The van der Waals surface area contributed by atoms with Gasteiger partial charge in [-0.05, 0) is 43.2 Å². The number of nitrogens with zero attached hydrogens (tertiary/aromatic N) is 4. The molecular weight excluding hydrogens is 431 g/mol. The number of hydrogen-bond donors (Lipinski definition) is 1. The normalized spacial score (nSPS) is 14.2. The highest BCUT2D eigenvalue weighted by Crippen LogP contribution is 2.31. The summed E-state index contributed by atoms with van der Waals surface area (Å²) in [5.41, 5.74) is -0.721. The van der Waals surface area contributed by atoms with Crippen LogP contribution in [0.1, 0.15) is 24.2 Å². The number of aromatic nitrogens is 3. The number of carbonyl (C=O) groups is 1. The summed E-state index contributed by atoms with van der Waals surface area (Å²) in [4.78, 5) is 14.5. The van der Waals surface area contributed by atoms with Crippen LogP contribution in [-0.2, 0) is 17.5 Å². The predicted octanol–water partition coefficient (Wildman–Crippen LogP) is 4.27. The molecule has 1 saturated heterocycles. The van der Waals surface area contributed by atoms with E-state index in [1.165, 1.54) is 23.9 Å². The summed E-state index contributed by atoms with van der Waals surface area (Å²) in [6.07, 6.45) is -0.723. The van der Waals surface area contributed by atoms with Crippen LogP contribution >= 0.6 is 11.8 Å². The Morgan fingerprint density at radius 3 is 2.68 bits per heavy atom. The lowest BCUT2D eigenvalue weighted by atomic mass is 10.2. The molecular formula is C20H20F3N5O2S. The molecule has 4 rings (SSSR count). The van der Waals surface area contributed by atoms with Gasteiger partial charge in [-0.25, -0.2) is 0 Å². The molecule has 1 aromatic carbocycles. The summed E-state index contributed by atoms with van der Waals surface area (Å²) >= 11 is 1.17. The Hall–Kier alpha value is -2.95. The van der Waals surface area contributed by atoms with Crippen LogP contribution < -0.4 is 10.2 Å². The number of nitrogens with one attached hydrogen (secondary N) is 1.